The second kappa shape index (κ2) is 8.62. The summed E-state index contributed by atoms with van der Waals surface area (Å²) in [6, 6.07) is 17.7. The van der Waals surface area contributed by atoms with Gasteiger partial charge < -0.3 is 5.11 Å². The zero-order chi connectivity index (χ0) is 22.9. The number of rotatable bonds is 5. The van der Waals surface area contributed by atoms with Gasteiger partial charge in [-0.3, -0.25) is 9.36 Å². The van der Waals surface area contributed by atoms with Gasteiger partial charge >= 0.3 is 0 Å². The van der Waals surface area contributed by atoms with Crippen molar-refractivity contribution in [3.63, 3.8) is 0 Å². The number of aromatic nitrogens is 3. The molecular formula is C25H18N4O2S2. The van der Waals surface area contributed by atoms with Gasteiger partial charge in [0, 0.05) is 10.9 Å². The molecule has 1 N–H and O–H groups in total. The van der Waals surface area contributed by atoms with E-state index < -0.39 is 0 Å². The van der Waals surface area contributed by atoms with E-state index in [0.29, 0.717) is 15.2 Å². The number of hydrogen-bond donors (Lipinski definition) is 1. The van der Waals surface area contributed by atoms with Crippen LogP contribution >= 0.6 is 22.7 Å². The third kappa shape index (κ3) is 3.82. The van der Waals surface area contributed by atoms with Crippen LogP contribution in [0.2, 0.25) is 0 Å². The number of thiophene rings is 1. The second-order valence-electron chi connectivity index (χ2n) is 7.48. The monoisotopic (exact) mass is 470 g/mol. The van der Waals surface area contributed by atoms with E-state index in [1.165, 1.54) is 39.1 Å². The predicted molar refractivity (Wildman–Crippen MR) is 133 cm³/mol. The molecule has 2 aromatic carbocycles. The van der Waals surface area contributed by atoms with E-state index in [0.717, 1.165) is 27.8 Å². The van der Waals surface area contributed by atoms with Crippen LogP contribution in [0.15, 0.2) is 70.8 Å². The lowest BCUT2D eigenvalue weighted by molar-refractivity contribution is 0.376. The summed E-state index contributed by atoms with van der Waals surface area (Å²) >= 11 is 2.74. The zero-order valence-electron chi connectivity index (χ0n) is 17.6. The Morgan fingerprint density at radius 2 is 1.97 bits per heavy atom. The van der Waals surface area contributed by atoms with Crippen molar-refractivity contribution in [1.29, 1.82) is 5.26 Å². The summed E-state index contributed by atoms with van der Waals surface area (Å²) in [5, 5.41) is 23.3. The summed E-state index contributed by atoms with van der Waals surface area (Å²) in [5.74, 6) is -0.219. The summed E-state index contributed by atoms with van der Waals surface area (Å²) < 4.78 is 2.25. The number of benzene rings is 2. The first-order valence-electron chi connectivity index (χ1n) is 10.3. The highest BCUT2D eigenvalue weighted by atomic mass is 32.1. The van der Waals surface area contributed by atoms with Gasteiger partial charge in [0.2, 0.25) is 0 Å². The summed E-state index contributed by atoms with van der Waals surface area (Å²) in [4.78, 5) is 22.8. The molecular weight excluding hydrogens is 452 g/mol. The average molecular weight is 471 g/mol. The number of thiazole rings is 1. The number of aryl methyl sites for hydroxylation is 1. The lowest BCUT2D eigenvalue weighted by Crippen LogP contribution is -2.21. The Bertz CT molecular complexity index is 1590. The van der Waals surface area contributed by atoms with Crippen LogP contribution in [-0.2, 0) is 13.0 Å². The first-order valence-corrected chi connectivity index (χ1v) is 12.0. The minimum absolute atomic E-state index is 0.0592. The lowest BCUT2D eigenvalue weighted by Gasteiger charge is -2.07. The molecule has 3 heterocycles. The average Bonchev–Trinajstić information content (AvgIpc) is 3.46. The molecule has 0 bridgehead atoms. The van der Waals surface area contributed by atoms with Gasteiger partial charge in [-0.25, -0.2) is 9.97 Å². The molecule has 0 fully saturated rings. The molecule has 0 saturated heterocycles. The van der Waals surface area contributed by atoms with E-state index in [2.05, 4.69) is 29.0 Å². The van der Waals surface area contributed by atoms with Crippen LogP contribution in [0.3, 0.4) is 0 Å². The van der Waals surface area contributed by atoms with E-state index in [1.807, 2.05) is 47.8 Å². The van der Waals surface area contributed by atoms with E-state index in [-0.39, 0.29) is 23.4 Å². The van der Waals surface area contributed by atoms with Crippen molar-refractivity contribution in [2.75, 3.05) is 0 Å². The molecule has 0 aliphatic heterocycles. The molecule has 0 aliphatic carbocycles. The van der Waals surface area contributed by atoms with E-state index in [9.17, 15) is 15.2 Å². The highest BCUT2D eigenvalue weighted by Gasteiger charge is 2.17. The van der Waals surface area contributed by atoms with Gasteiger partial charge in [-0.15, -0.1) is 22.7 Å². The smallest absolute Gasteiger partial charge is 0.263 e. The number of fused-ring (bicyclic) bond motifs is 2. The number of aliphatic hydroxyl groups is 1. The predicted octanol–water partition coefficient (Wildman–Crippen LogP) is 5.79. The largest absolute Gasteiger partial charge is 0.509 e. The maximum Gasteiger partial charge on any atom is 0.263 e. The summed E-state index contributed by atoms with van der Waals surface area (Å²) in [6.07, 6.45) is 2.36. The van der Waals surface area contributed by atoms with Gasteiger partial charge in [0.05, 0.1) is 28.5 Å². The van der Waals surface area contributed by atoms with Crippen molar-refractivity contribution in [1.82, 2.24) is 14.5 Å². The standard InChI is InChI=1S/C25H18N4O2S2/c1-2-15-7-9-16(10-8-15)18-13-32-24-22(18)25(31)29(14-27-24)12-20(30)17(11-26)23-28-19-5-3-4-6-21(19)33-23/h3-10,13-14,30H,2,12H2,1H3/b20-17-. The van der Waals surface area contributed by atoms with Crippen LogP contribution in [-0.4, -0.2) is 19.6 Å². The molecule has 0 radical (unpaired) electrons. The molecule has 5 aromatic rings. The number of nitrogens with zero attached hydrogens (tertiary/aromatic N) is 4. The Kier molecular flexibility index (Phi) is 5.50. The zero-order valence-corrected chi connectivity index (χ0v) is 19.3. The van der Waals surface area contributed by atoms with Crippen molar-refractivity contribution in [2.45, 2.75) is 19.9 Å². The van der Waals surface area contributed by atoms with E-state index in [1.54, 1.807) is 0 Å². The first-order chi connectivity index (χ1) is 16.1. The molecule has 0 saturated carbocycles. The van der Waals surface area contributed by atoms with Crippen LogP contribution in [0, 0.1) is 11.3 Å². The topological polar surface area (TPSA) is 91.8 Å². The van der Waals surface area contributed by atoms with Crippen molar-refractivity contribution >= 4 is 48.7 Å². The van der Waals surface area contributed by atoms with Crippen LogP contribution < -0.4 is 5.56 Å². The first kappa shape index (κ1) is 21.1. The highest BCUT2D eigenvalue weighted by Crippen LogP contribution is 2.31. The third-order valence-electron chi connectivity index (χ3n) is 5.46. The van der Waals surface area contributed by atoms with Gasteiger partial charge in [0.25, 0.3) is 5.56 Å². The molecule has 0 spiro atoms. The third-order valence-corrected chi connectivity index (χ3v) is 7.40. The Morgan fingerprint density at radius 3 is 2.70 bits per heavy atom. The molecule has 6 nitrogen and oxygen atoms in total. The highest BCUT2D eigenvalue weighted by molar-refractivity contribution is 7.19. The minimum Gasteiger partial charge on any atom is -0.509 e. The lowest BCUT2D eigenvalue weighted by atomic mass is 10.0. The fourth-order valence-corrected chi connectivity index (χ4v) is 5.56. The molecule has 3 aromatic heterocycles. The molecule has 33 heavy (non-hydrogen) atoms. The summed E-state index contributed by atoms with van der Waals surface area (Å²) in [5.41, 5.74) is 3.55. The van der Waals surface area contributed by atoms with Gasteiger partial charge in [-0.05, 0) is 29.7 Å². The quantitative estimate of drug-likeness (QED) is 0.259. The molecule has 0 unspecified atom stereocenters. The Balaban J connectivity index is 1.56. The van der Waals surface area contributed by atoms with Crippen LogP contribution in [0.4, 0.5) is 0 Å². The van der Waals surface area contributed by atoms with Crippen LogP contribution in [0.25, 0.3) is 37.1 Å². The van der Waals surface area contributed by atoms with Gasteiger partial charge in [0.15, 0.2) is 0 Å². The van der Waals surface area contributed by atoms with Crippen molar-refractivity contribution in [2.24, 2.45) is 0 Å². The molecule has 0 amide bonds. The Labute approximate surface area is 197 Å². The molecule has 8 heteroatoms. The number of allylic oxidation sites excluding steroid dienone is 2. The molecule has 162 valence electrons. The summed E-state index contributed by atoms with van der Waals surface area (Å²) in [6.45, 7) is 1.94. The maximum absolute atomic E-state index is 13.3. The number of nitriles is 1. The summed E-state index contributed by atoms with van der Waals surface area (Å²) in [7, 11) is 0. The fraction of sp³-hybridized carbons (Fsp3) is 0.120. The van der Waals surface area contributed by atoms with Gasteiger partial charge in [-0.1, -0.05) is 43.3 Å². The SMILES string of the molecule is CCc1ccc(-c2csc3ncn(C/C(O)=C(\C#N)c4nc5ccccc5s4)c(=O)c23)cc1. The molecule has 0 aliphatic rings. The Hall–Kier alpha value is -3.80. The number of hydrogen-bond acceptors (Lipinski definition) is 7. The normalized spacial score (nSPS) is 12.1. The van der Waals surface area contributed by atoms with E-state index in [4.69, 9.17) is 0 Å². The fourth-order valence-electron chi connectivity index (χ4n) is 3.67. The van der Waals surface area contributed by atoms with Crippen molar-refractivity contribution in [3.05, 3.63) is 86.9 Å². The van der Waals surface area contributed by atoms with Crippen molar-refractivity contribution in [3.8, 4) is 17.2 Å². The maximum atomic E-state index is 13.3. The second-order valence-corrected chi connectivity index (χ2v) is 9.37. The molecule has 5 rings (SSSR count). The molecule has 0 atom stereocenters. The Morgan fingerprint density at radius 1 is 1.18 bits per heavy atom. The van der Waals surface area contributed by atoms with Crippen LogP contribution in [0.5, 0.6) is 0 Å². The van der Waals surface area contributed by atoms with Gasteiger partial charge in [0.1, 0.15) is 27.2 Å². The minimum atomic E-state index is -0.260. The van der Waals surface area contributed by atoms with Gasteiger partial charge in [-0.2, -0.15) is 5.26 Å². The van der Waals surface area contributed by atoms with E-state index >= 15 is 0 Å². The number of para-hydroxylation sites is 1. The van der Waals surface area contributed by atoms with Crippen LogP contribution in [0.1, 0.15) is 17.5 Å². The van der Waals surface area contributed by atoms with Crippen molar-refractivity contribution < 1.29 is 5.11 Å². The number of aliphatic hydroxyl groups excluding tert-OH is 1.